The van der Waals surface area contributed by atoms with Gasteiger partial charge in [0.25, 0.3) is 0 Å². The van der Waals surface area contributed by atoms with E-state index in [0.29, 0.717) is 0 Å². The topological polar surface area (TPSA) is 12.5 Å². The Labute approximate surface area is 100 Å². The highest BCUT2D eigenvalue weighted by Gasteiger charge is 2.02. The van der Waals surface area contributed by atoms with E-state index in [0.717, 1.165) is 30.7 Å². The summed E-state index contributed by atoms with van der Waals surface area (Å²) in [6.07, 6.45) is 0. The Morgan fingerprint density at radius 2 is 1.93 bits per heavy atom. The molecule has 1 rings (SSSR count). The number of ether oxygens (including phenoxy) is 1. The van der Waals surface area contributed by atoms with Crippen LogP contribution in [0.25, 0.3) is 0 Å². The van der Waals surface area contributed by atoms with E-state index in [4.69, 9.17) is 4.74 Å². The molecule has 0 aliphatic rings. The summed E-state index contributed by atoms with van der Waals surface area (Å²) in [6.45, 7) is 5.36. The van der Waals surface area contributed by atoms with E-state index in [1.54, 1.807) is 7.11 Å². The number of rotatable bonds is 6. The molecule has 0 N–H and O–H groups in total. The molecule has 0 aliphatic heterocycles. The van der Waals surface area contributed by atoms with Gasteiger partial charge >= 0.3 is 0 Å². The second-order valence-corrected chi connectivity index (χ2v) is 4.20. The van der Waals surface area contributed by atoms with E-state index < -0.39 is 0 Å². The van der Waals surface area contributed by atoms with Crippen LogP contribution in [0.3, 0.4) is 0 Å². The molecule has 0 aliphatic carbocycles. The first kappa shape index (κ1) is 12.5. The van der Waals surface area contributed by atoms with Crippen LogP contribution in [-0.4, -0.2) is 30.4 Å². The maximum Gasteiger partial charge on any atom is 0.118 e. The van der Waals surface area contributed by atoms with Crippen molar-refractivity contribution in [1.29, 1.82) is 0 Å². The molecule has 0 fully saturated rings. The van der Waals surface area contributed by atoms with Crippen molar-refractivity contribution < 1.29 is 4.74 Å². The zero-order valence-electron chi connectivity index (χ0n) is 9.37. The molecule has 15 heavy (non-hydrogen) atoms. The molecular formula is C12H18BrNO. The molecule has 84 valence electrons. The number of hydrogen-bond acceptors (Lipinski definition) is 2. The first-order valence-corrected chi connectivity index (χ1v) is 6.33. The molecule has 0 aromatic heterocycles. The number of halogens is 1. The molecule has 0 saturated heterocycles. The van der Waals surface area contributed by atoms with Gasteiger partial charge in [-0.15, -0.1) is 0 Å². The fourth-order valence-corrected chi connectivity index (χ4v) is 1.96. The fourth-order valence-electron chi connectivity index (χ4n) is 1.46. The summed E-state index contributed by atoms with van der Waals surface area (Å²) in [7, 11) is 1.69. The van der Waals surface area contributed by atoms with Gasteiger partial charge in [-0.05, 0) is 24.2 Å². The van der Waals surface area contributed by atoms with Crippen molar-refractivity contribution >= 4 is 15.9 Å². The summed E-state index contributed by atoms with van der Waals surface area (Å²) in [4.78, 5) is 2.40. The van der Waals surface area contributed by atoms with Crippen molar-refractivity contribution in [2.75, 3.05) is 25.5 Å². The van der Waals surface area contributed by atoms with Crippen LogP contribution < -0.4 is 4.74 Å². The van der Waals surface area contributed by atoms with Crippen LogP contribution in [-0.2, 0) is 6.54 Å². The van der Waals surface area contributed by atoms with Gasteiger partial charge in [-0.2, -0.15) is 0 Å². The molecule has 2 nitrogen and oxygen atoms in total. The second-order valence-electron chi connectivity index (χ2n) is 3.41. The lowest BCUT2D eigenvalue weighted by molar-refractivity contribution is 0.299. The molecular weight excluding hydrogens is 254 g/mol. The second kappa shape index (κ2) is 6.85. The smallest absolute Gasteiger partial charge is 0.118 e. The Balaban J connectivity index is 2.55. The maximum atomic E-state index is 5.13. The van der Waals surface area contributed by atoms with Crippen LogP contribution in [0, 0.1) is 0 Å². The van der Waals surface area contributed by atoms with Crippen molar-refractivity contribution in [3.8, 4) is 5.75 Å². The Kier molecular flexibility index (Phi) is 5.73. The van der Waals surface area contributed by atoms with Crippen LogP contribution in [0.4, 0.5) is 0 Å². The predicted molar refractivity (Wildman–Crippen MR) is 67.7 cm³/mol. The highest BCUT2D eigenvalue weighted by molar-refractivity contribution is 9.09. The van der Waals surface area contributed by atoms with Crippen molar-refractivity contribution in [3.63, 3.8) is 0 Å². The Morgan fingerprint density at radius 1 is 1.27 bits per heavy atom. The van der Waals surface area contributed by atoms with Crippen LogP contribution in [0.5, 0.6) is 5.75 Å². The lowest BCUT2D eigenvalue weighted by Gasteiger charge is -2.19. The van der Waals surface area contributed by atoms with E-state index in [-0.39, 0.29) is 0 Å². The summed E-state index contributed by atoms with van der Waals surface area (Å²) in [5.41, 5.74) is 1.33. The molecule has 0 radical (unpaired) electrons. The number of methoxy groups -OCH3 is 1. The summed E-state index contributed by atoms with van der Waals surface area (Å²) in [5.74, 6) is 0.919. The zero-order valence-corrected chi connectivity index (χ0v) is 11.0. The third-order valence-corrected chi connectivity index (χ3v) is 2.77. The normalized spacial score (nSPS) is 10.7. The molecule has 1 aromatic carbocycles. The van der Waals surface area contributed by atoms with E-state index in [2.05, 4.69) is 39.9 Å². The van der Waals surface area contributed by atoms with E-state index in [1.165, 1.54) is 5.56 Å². The van der Waals surface area contributed by atoms with Gasteiger partial charge in [0.2, 0.25) is 0 Å². The summed E-state index contributed by atoms with van der Waals surface area (Å²) in [6, 6.07) is 8.26. The van der Waals surface area contributed by atoms with Gasteiger partial charge < -0.3 is 4.74 Å². The summed E-state index contributed by atoms with van der Waals surface area (Å²) in [5, 5.41) is 1.02. The highest BCUT2D eigenvalue weighted by atomic mass is 79.9. The molecule has 0 spiro atoms. The lowest BCUT2D eigenvalue weighted by atomic mass is 10.2. The molecule has 0 unspecified atom stereocenters. The molecule has 0 bridgehead atoms. The Bertz CT molecular complexity index is 273. The number of nitrogens with zero attached hydrogens (tertiary/aromatic N) is 1. The number of hydrogen-bond donors (Lipinski definition) is 0. The first-order valence-electron chi connectivity index (χ1n) is 5.21. The summed E-state index contributed by atoms with van der Waals surface area (Å²) < 4.78 is 5.13. The van der Waals surface area contributed by atoms with Crippen LogP contribution in [0.15, 0.2) is 24.3 Å². The zero-order chi connectivity index (χ0) is 11.1. The highest BCUT2D eigenvalue weighted by Crippen LogP contribution is 2.12. The van der Waals surface area contributed by atoms with Crippen molar-refractivity contribution in [1.82, 2.24) is 4.90 Å². The quantitative estimate of drug-likeness (QED) is 0.738. The molecule has 3 heteroatoms. The largest absolute Gasteiger partial charge is 0.497 e. The van der Waals surface area contributed by atoms with Gasteiger partial charge in [-0.1, -0.05) is 35.0 Å². The summed E-state index contributed by atoms with van der Waals surface area (Å²) >= 11 is 3.47. The molecule has 0 atom stereocenters. The van der Waals surface area contributed by atoms with Crippen molar-refractivity contribution in [3.05, 3.63) is 29.8 Å². The average Bonchev–Trinajstić information content (AvgIpc) is 2.29. The number of alkyl halides is 1. The molecule has 0 amide bonds. The standard InChI is InChI=1S/C12H18BrNO/c1-3-14(9-8-13)10-11-4-6-12(15-2)7-5-11/h4-7H,3,8-10H2,1-2H3. The van der Waals surface area contributed by atoms with Crippen LogP contribution >= 0.6 is 15.9 Å². The molecule has 0 heterocycles. The van der Waals surface area contributed by atoms with Crippen LogP contribution in [0.1, 0.15) is 12.5 Å². The average molecular weight is 272 g/mol. The third-order valence-electron chi connectivity index (χ3n) is 2.41. The maximum absolute atomic E-state index is 5.13. The van der Waals surface area contributed by atoms with E-state index >= 15 is 0 Å². The minimum Gasteiger partial charge on any atom is -0.497 e. The van der Waals surface area contributed by atoms with Gasteiger partial charge in [-0.3, -0.25) is 4.90 Å². The van der Waals surface area contributed by atoms with E-state index in [9.17, 15) is 0 Å². The predicted octanol–water partition coefficient (Wildman–Crippen LogP) is 2.91. The Morgan fingerprint density at radius 3 is 2.40 bits per heavy atom. The number of benzene rings is 1. The minimum absolute atomic E-state index is 0.919. The molecule has 1 aromatic rings. The first-order chi connectivity index (χ1) is 7.30. The minimum atomic E-state index is 0.919. The fraction of sp³-hybridized carbons (Fsp3) is 0.500. The van der Waals surface area contributed by atoms with Crippen molar-refractivity contribution in [2.24, 2.45) is 0 Å². The lowest BCUT2D eigenvalue weighted by Crippen LogP contribution is -2.24. The van der Waals surface area contributed by atoms with Gasteiger partial charge in [0.15, 0.2) is 0 Å². The van der Waals surface area contributed by atoms with Gasteiger partial charge in [-0.25, -0.2) is 0 Å². The van der Waals surface area contributed by atoms with E-state index in [1.807, 2.05) is 12.1 Å². The van der Waals surface area contributed by atoms with Crippen LogP contribution in [0.2, 0.25) is 0 Å². The molecule has 0 saturated carbocycles. The van der Waals surface area contributed by atoms with Gasteiger partial charge in [0, 0.05) is 18.4 Å². The monoisotopic (exact) mass is 271 g/mol. The Hall–Kier alpha value is -0.540. The van der Waals surface area contributed by atoms with Crippen molar-refractivity contribution in [2.45, 2.75) is 13.5 Å². The van der Waals surface area contributed by atoms with Gasteiger partial charge in [0.05, 0.1) is 7.11 Å². The SMILES string of the molecule is CCN(CCBr)Cc1ccc(OC)cc1. The third kappa shape index (κ3) is 4.22. The van der Waals surface area contributed by atoms with Gasteiger partial charge in [0.1, 0.15) is 5.75 Å².